The Balaban J connectivity index is 1.76. The number of rotatable bonds is 3. The molecule has 0 saturated heterocycles. The molecule has 21 heavy (non-hydrogen) atoms. The minimum atomic E-state index is -0.876. The summed E-state index contributed by atoms with van der Waals surface area (Å²) in [5.74, 6) is -0.101. The molecular formula is C16H21NO4. The number of carbonyl (C=O) groups is 2. The zero-order valence-electron chi connectivity index (χ0n) is 12.6. The van der Waals surface area contributed by atoms with E-state index in [2.05, 4.69) is 19.2 Å². The number of furan rings is 1. The molecule has 0 aromatic carbocycles. The van der Waals surface area contributed by atoms with Crippen LogP contribution in [-0.2, 0) is 16.0 Å². The monoisotopic (exact) mass is 291 g/mol. The van der Waals surface area contributed by atoms with Crippen molar-refractivity contribution in [1.82, 2.24) is 5.32 Å². The Morgan fingerprint density at radius 2 is 2.10 bits per heavy atom. The van der Waals surface area contributed by atoms with Gasteiger partial charge in [0, 0.05) is 12.0 Å². The molecule has 1 heterocycles. The molecule has 1 fully saturated rings. The van der Waals surface area contributed by atoms with Crippen molar-refractivity contribution < 1.29 is 19.1 Å². The quantitative estimate of drug-likeness (QED) is 0.896. The Hall–Kier alpha value is -1.78. The van der Waals surface area contributed by atoms with Gasteiger partial charge in [0.15, 0.2) is 0 Å². The van der Waals surface area contributed by atoms with Crippen LogP contribution in [0.4, 0.5) is 0 Å². The molecule has 2 aliphatic carbocycles. The largest absolute Gasteiger partial charge is 0.481 e. The lowest BCUT2D eigenvalue weighted by molar-refractivity contribution is -0.140. The van der Waals surface area contributed by atoms with Gasteiger partial charge in [0.1, 0.15) is 11.5 Å². The number of aryl methyl sites for hydroxylation is 1. The zero-order chi connectivity index (χ0) is 15.4. The van der Waals surface area contributed by atoms with E-state index in [4.69, 9.17) is 9.52 Å². The Morgan fingerprint density at radius 3 is 2.71 bits per heavy atom. The van der Waals surface area contributed by atoms with Crippen LogP contribution in [0.3, 0.4) is 0 Å². The van der Waals surface area contributed by atoms with E-state index in [1.54, 1.807) is 0 Å². The molecule has 0 bridgehead atoms. The van der Waals surface area contributed by atoms with Crippen molar-refractivity contribution in [1.29, 1.82) is 0 Å². The van der Waals surface area contributed by atoms with Gasteiger partial charge in [-0.15, -0.1) is 0 Å². The molecule has 3 rings (SSSR count). The molecule has 0 aliphatic heterocycles. The van der Waals surface area contributed by atoms with Crippen molar-refractivity contribution in [3.05, 3.63) is 23.2 Å². The number of aliphatic carboxylic acids is 1. The number of carbonyl (C=O) groups excluding carboxylic acids is 1. The first-order valence-electron chi connectivity index (χ1n) is 7.39. The van der Waals surface area contributed by atoms with Crippen molar-refractivity contribution in [2.45, 2.75) is 46.1 Å². The molecule has 2 N–H and O–H groups in total. The fourth-order valence-electron chi connectivity index (χ4n) is 3.35. The molecule has 0 radical (unpaired) electrons. The van der Waals surface area contributed by atoms with Crippen molar-refractivity contribution in [2.24, 2.45) is 17.3 Å². The summed E-state index contributed by atoms with van der Waals surface area (Å²) >= 11 is 0. The van der Waals surface area contributed by atoms with E-state index in [1.165, 1.54) is 0 Å². The number of nitrogens with one attached hydrogen (secondary N) is 1. The first-order valence-corrected chi connectivity index (χ1v) is 7.39. The normalized spacial score (nSPS) is 29.6. The van der Waals surface area contributed by atoms with Crippen LogP contribution < -0.4 is 5.32 Å². The molecule has 1 amide bonds. The van der Waals surface area contributed by atoms with Crippen molar-refractivity contribution in [2.75, 3.05) is 0 Å². The third-order valence-corrected chi connectivity index (χ3v) is 4.50. The molecular weight excluding hydrogens is 270 g/mol. The molecule has 2 aliphatic rings. The van der Waals surface area contributed by atoms with Crippen LogP contribution in [-0.4, -0.2) is 17.0 Å². The fraction of sp³-hybridized carbons (Fsp3) is 0.625. The van der Waals surface area contributed by atoms with Gasteiger partial charge in [-0.3, -0.25) is 9.59 Å². The third-order valence-electron chi connectivity index (χ3n) is 4.50. The Kier molecular flexibility index (Phi) is 3.11. The molecule has 5 nitrogen and oxygen atoms in total. The minimum absolute atomic E-state index is 0.0605. The fourth-order valence-corrected chi connectivity index (χ4v) is 3.35. The summed E-state index contributed by atoms with van der Waals surface area (Å²) in [5, 5.41) is 12.0. The molecule has 1 aromatic heterocycles. The van der Waals surface area contributed by atoms with Crippen LogP contribution in [0, 0.1) is 24.2 Å². The first-order chi connectivity index (χ1) is 9.77. The second kappa shape index (κ2) is 4.61. The van der Waals surface area contributed by atoms with Gasteiger partial charge in [0.05, 0.1) is 17.9 Å². The average molecular weight is 291 g/mol. The van der Waals surface area contributed by atoms with Gasteiger partial charge in [0.25, 0.3) is 0 Å². The highest BCUT2D eigenvalue weighted by Crippen LogP contribution is 2.44. The summed E-state index contributed by atoms with van der Waals surface area (Å²) in [4.78, 5) is 23.1. The molecule has 0 spiro atoms. The Labute approximate surface area is 123 Å². The highest BCUT2D eigenvalue weighted by molar-refractivity contribution is 5.89. The van der Waals surface area contributed by atoms with E-state index < -0.39 is 11.9 Å². The number of carboxylic acids is 1. The van der Waals surface area contributed by atoms with E-state index in [0.717, 1.165) is 29.9 Å². The maximum absolute atomic E-state index is 12.2. The van der Waals surface area contributed by atoms with Crippen LogP contribution >= 0.6 is 0 Å². The number of hydrogen-bond acceptors (Lipinski definition) is 3. The highest BCUT2D eigenvalue weighted by Gasteiger charge is 2.49. The van der Waals surface area contributed by atoms with E-state index >= 15 is 0 Å². The minimum Gasteiger partial charge on any atom is -0.481 e. The highest BCUT2D eigenvalue weighted by atomic mass is 16.4. The van der Waals surface area contributed by atoms with E-state index in [9.17, 15) is 9.59 Å². The van der Waals surface area contributed by atoms with Gasteiger partial charge in [-0.1, -0.05) is 13.8 Å². The number of hydrogen-bond donors (Lipinski definition) is 2. The molecule has 1 aromatic rings. The SMILES string of the molecule is Cc1cc2c(o1)CC(C)(C)CC2NC(=O)C1CC1C(=O)O. The van der Waals surface area contributed by atoms with Crippen molar-refractivity contribution in [3.8, 4) is 0 Å². The first kappa shape index (κ1) is 14.2. The lowest BCUT2D eigenvalue weighted by atomic mass is 9.74. The molecule has 1 saturated carbocycles. The summed E-state index contributed by atoms with van der Waals surface area (Å²) in [6, 6.07) is 1.90. The summed E-state index contributed by atoms with van der Waals surface area (Å²) in [6.07, 6.45) is 2.16. The third kappa shape index (κ3) is 2.69. The predicted octanol–water partition coefficient (Wildman–Crippen LogP) is 2.44. The summed E-state index contributed by atoms with van der Waals surface area (Å²) < 4.78 is 5.74. The Bertz CT molecular complexity index is 601. The molecule has 114 valence electrons. The second-order valence-electron chi connectivity index (χ2n) is 7.13. The maximum Gasteiger partial charge on any atom is 0.307 e. The van der Waals surface area contributed by atoms with Gasteiger partial charge in [-0.25, -0.2) is 0 Å². The van der Waals surface area contributed by atoms with Crippen LogP contribution in [0.15, 0.2) is 10.5 Å². The van der Waals surface area contributed by atoms with Crippen LogP contribution in [0.1, 0.15) is 49.8 Å². The van der Waals surface area contributed by atoms with E-state index in [-0.39, 0.29) is 23.3 Å². The lowest BCUT2D eigenvalue weighted by Gasteiger charge is -2.34. The standard InChI is InChI=1S/C16H21NO4/c1-8-4-11-12(6-16(2,3)7-13(11)21-8)17-14(18)9-5-10(9)15(19)20/h4,9-10,12H,5-7H2,1-3H3,(H,17,18)(H,19,20). The zero-order valence-corrected chi connectivity index (χ0v) is 12.6. The van der Waals surface area contributed by atoms with E-state index in [0.29, 0.717) is 6.42 Å². The van der Waals surface area contributed by atoms with Gasteiger partial charge in [0.2, 0.25) is 5.91 Å². The summed E-state index contributed by atoms with van der Waals surface area (Å²) in [7, 11) is 0. The van der Waals surface area contributed by atoms with Crippen LogP contribution in [0.2, 0.25) is 0 Å². The average Bonchev–Trinajstić information content (AvgIpc) is 3.06. The maximum atomic E-state index is 12.2. The lowest BCUT2D eigenvalue weighted by Crippen LogP contribution is -2.37. The smallest absolute Gasteiger partial charge is 0.307 e. The Morgan fingerprint density at radius 1 is 1.38 bits per heavy atom. The molecule has 3 unspecified atom stereocenters. The van der Waals surface area contributed by atoms with Crippen molar-refractivity contribution >= 4 is 11.9 Å². The van der Waals surface area contributed by atoms with Gasteiger partial charge in [-0.05, 0) is 31.2 Å². The van der Waals surface area contributed by atoms with Crippen LogP contribution in [0.5, 0.6) is 0 Å². The molecule has 3 atom stereocenters. The summed E-state index contributed by atoms with van der Waals surface area (Å²) in [6.45, 7) is 6.22. The van der Waals surface area contributed by atoms with Gasteiger partial charge in [-0.2, -0.15) is 0 Å². The number of amides is 1. The van der Waals surface area contributed by atoms with E-state index in [1.807, 2.05) is 13.0 Å². The predicted molar refractivity (Wildman–Crippen MR) is 75.7 cm³/mol. The van der Waals surface area contributed by atoms with Gasteiger partial charge < -0.3 is 14.8 Å². The van der Waals surface area contributed by atoms with Crippen molar-refractivity contribution in [3.63, 3.8) is 0 Å². The van der Waals surface area contributed by atoms with Gasteiger partial charge >= 0.3 is 5.97 Å². The second-order valence-corrected chi connectivity index (χ2v) is 7.13. The summed E-state index contributed by atoms with van der Waals surface area (Å²) in [5.41, 5.74) is 1.11. The van der Waals surface area contributed by atoms with Crippen LogP contribution in [0.25, 0.3) is 0 Å². The number of carboxylic acid groups (broad SMARTS) is 1. The molecule has 5 heteroatoms. The topological polar surface area (TPSA) is 79.5 Å². The number of fused-ring (bicyclic) bond motifs is 1.